The summed E-state index contributed by atoms with van der Waals surface area (Å²) in [5.74, 6) is 0.120. The van der Waals surface area contributed by atoms with Crippen LogP contribution in [0.4, 0.5) is 0 Å². The van der Waals surface area contributed by atoms with Gasteiger partial charge >= 0.3 is 0 Å². The van der Waals surface area contributed by atoms with E-state index in [4.69, 9.17) is 9.47 Å². The Balaban J connectivity index is 2.23. The molecule has 1 heterocycles. The van der Waals surface area contributed by atoms with Crippen LogP contribution in [0.5, 0.6) is 5.75 Å². The molecule has 7 nitrogen and oxygen atoms in total. The van der Waals surface area contributed by atoms with Crippen LogP contribution in [0.2, 0.25) is 0 Å². The minimum atomic E-state index is -1.32. The number of hydrogen-bond acceptors (Lipinski definition) is 6. The number of carbonyl (C=O) groups excluding carboxylic acids is 1. The lowest BCUT2D eigenvalue weighted by Gasteiger charge is -2.42. The van der Waals surface area contributed by atoms with Crippen molar-refractivity contribution in [2.75, 3.05) is 6.61 Å². The Hall–Kier alpha value is -1.67. The first-order valence-electron chi connectivity index (χ1n) is 7.47. The molecule has 5 atom stereocenters. The van der Waals surface area contributed by atoms with Gasteiger partial charge in [-0.2, -0.15) is 0 Å². The maximum absolute atomic E-state index is 11.3. The zero-order valence-corrected chi connectivity index (χ0v) is 13.4. The smallest absolute Gasteiger partial charge is 0.223 e. The van der Waals surface area contributed by atoms with Crippen molar-refractivity contribution < 1.29 is 29.6 Å². The van der Waals surface area contributed by atoms with E-state index >= 15 is 0 Å². The first-order valence-corrected chi connectivity index (χ1v) is 7.47. The summed E-state index contributed by atoms with van der Waals surface area (Å²) in [6, 6.07) is 4.50. The zero-order valence-electron chi connectivity index (χ0n) is 13.4. The normalized spacial score (nSPS) is 30.8. The maximum Gasteiger partial charge on any atom is 0.223 e. The molecule has 4 N–H and O–H groups in total. The molecule has 1 aliphatic rings. The van der Waals surface area contributed by atoms with E-state index in [0.29, 0.717) is 5.75 Å². The van der Waals surface area contributed by atoms with Gasteiger partial charge in [-0.15, -0.1) is 0 Å². The Kier molecular flexibility index (Phi) is 5.59. The Bertz CT molecular complexity index is 564. The van der Waals surface area contributed by atoms with Crippen LogP contribution in [0.25, 0.3) is 0 Å². The SMILES string of the molecule is CC(=O)N[C@H]1[C@H](Oc2ccc(C)c(C)c2)O[C@@H](CO)[C@H](O)[C@H]1O. The molecule has 1 amide bonds. The molecular weight excluding hydrogens is 302 g/mol. The van der Waals surface area contributed by atoms with Gasteiger partial charge in [0.25, 0.3) is 0 Å². The fourth-order valence-corrected chi connectivity index (χ4v) is 2.49. The molecule has 0 aliphatic carbocycles. The van der Waals surface area contributed by atoms with Gasteiger partial charge in [0, 0.05) is 6.92 Å². The number of rotatable bonds is 4. The molecule has 0 unspecified atom stereocenters. The lowest BCUT2D eigenvalue weighted by molar-refractivity contribution is -0.244. The summed E-state index contributed by atoms with van der Waals surface area (Å²) >= 11 is 0. The van der Waals surface area contributed by atoms with Gasteiger partial charge in [0.1, 0.15) is 30.1 Å². The second-order valence-electron chi connectivity index (χ2n) is 5.80. The predicted octanol–water partition coefficient (Wildman–Crippen LogP) is -0.374. The number of ether oxygens (including phenoxy) is 2. The second kappa shape index (κ2) is 7.27. The van der Waals surface area contributed by atoms with Crippen LogP contribution in [-0.2, 0) is 9.53 Å². The number of amides is 1. The Morgan fingerprint density at radius 2 is 1.96 bits per heavy atom. The van der Waals surface area contributed by atoms with Gasteiger partial charge in [0.15, 0.2) is 0 Å². The van der Waals surface area contributed by atoms with Gasteiger partial charge in [-0.25, -0.2) is 0 Å². The Morgan fingerprint density at radius 1 is 1.26 bits per heavy atom. The van der Waals surface area contributed by atoms with Gasteiger partial charge in [0.05, 0.1) is 6.61 Å². The van der Waals surface area contributed by atoms with Gasteiger partial charge in [-0.05, 0) is 37.1 Å². The lowest BCUT2D eigenvalue weighted by atomic mass is 9.97. The highest BCUT2D eigenvalue weighted by Crippen LogP contribution is 2.25. The van der Waals surface area contributed by atoms with Crippen molar-refractivity contribution in [1.29, 1.82) is 0 Å². The molecule has 1 aliphatic heterocycles. The third-order valence-corrected chi connectivity index (χ3v) is 3.98. The first-order chi connectivity index (χ1) is 10.8. The highest BCUT2D eigenvalue weighted by Gasteiger charge is 2.46. The monoisotopic (exact) mass is 325 g/mol. The number of aryl methyl sites for hydroxylation is 2. The number of nitrogens with one attached hydrogen (secondary N) is 1. The van der Waals surface area contributed by atoms with E-state index in [2.05, 4.69) is 5.32 Å². The van der Waals surface area contributed by atoms with Crippen LogP contribution >= 0.6 is 0 Å². The summed E-state index contributed by atoms with van der Waals surface area (Å²) < 4.78 is 11.2. The van der Waals surface area contributed by atoms with Crippen molar-refractivity contribution in [2.45, 2.75) is 51.4 Å². The summed E-state index contributed by atoms with van der Waals surface area (Å²) in [4.78, 5) is 11.3. The van der Waals surface area contributed by atoms with Gasteiger partial charge in [-0.1, -0.05) is 6.07 Å². The van der Waals surface area contributed by atoms with Crippen molar-refractivity contribution in [1.82, 2.24) is 5.32 Å². The fourth-order valence-electron chi connectivity index (χ4n) is 2.49. The van der Waals surface area contributed by atoms with Crippen molar-refractivity contribution in [3.05, 3.63) is 29.3 Å². The Labute approximate surface area is 134 Å². The molecule has 1 aromatic rings. The van der Waals surface area contributed by atoms with Gasteiger partial charge in [-0.3, -0.25) is 4.79 Å². The van der Waals surface area contributed by atoms with Crippen LogP contribution < -0.4 is 10.1 Å². The van der Waals surface area contributed by atoms with E-state index < -0.39 is 37.3 Å². The molecule has 2 rings (SSSR count). The van der Waals surface area contributed by atoms with E-state index in [0.717, 1.165) is 11.1 Å². The van der Waals surface area contributed by atoms with E-state index in [1.165, 1.54) is 6.92 Å². The minimum Gasteiger partial charge on any atom is -0.463 e. The van der Waals surface area contributed by atoms with E-state index in [1.807, 2.05) is 26.0 Å². The fraction of sp³-hybridized carbons (Fsp3) is 0.562. The van der Waals surface area contributed by atoms with Gasteiger partial charge < -0.3 is 30.1 Å². The van der Waals surface area contributed by atoms with Crippen molar-refractivity contribution in [2.24, 2.45) is 0 Å². The zero-order chi connectivity index (χ0) is 17.1. The van der Waals surface area contributed by atoms with Crippen molar-refractivity contribution in [3.63, 3.8) is 0 Å². The van der Waals surface area contributed by atoms with Crippen molar-refractivity contribution >= 4 is 5.91 Å². The summed E-state index contributed by atoms with van der Waals surface area (Å²) in [5.41, 5.74) is 2.12. The van der Waals surface area contributed by atoms with Crippen molar-refractivity contribution in [3.8, 4) is 5.75 Å². The molecule has 23 heavy (non-hydrogen) atoms. The maximum atomic E-state index is 11.3. The van der Waals surface area contributed by atoms with Crippen LogP contribution in [0.15, 0.2) is 18.2 Å². The average molecular weight is 325 g/mol. The number of carbonyl (C=O) groups is 1. The molecule has 0 bridgehead atoms. The number of hydrogen-bond donors (Lipinski definition) is 4. The van der Waals surface area contributed by atoms with Crippen LogP contribution in [0, 0.1) is 13.8 Å². The third-order valence-electron chi connectivity index (χ3n) is 3.98. The molecule has 128 valence electrons. The highest BCUT2D eigenvalue weighted by molar-refractivity contribution is 5.73. The van der Waals surface area contributed by atoms with Crippen LogP contribution in [0.3, 0.4) is 0 Å². The molecule has 7 heteroatoms. The van der Waals surface area contributed by atoms with E-state index in [1.54, 1.807) is 6.07 Å². The quantitative estimate of drug-likeness (QED) is 0.601. The van der Waals surface area contributed by atoms with E-state index in [9.17, 15) is 20.1 Å². The molecule has 1 fully saturated rings. The molecule has 0 radical (unpaired) electrons. The molecule has 0 aromatic heterocycles. The highest BCUT2D eigenvalue weighted by atomic mass is 16.7. The summed E-state index contributed by atoms with van der Waals surface area (Å²) in [6.07, 6.45) is -4.67. The standard InChI is InChI=1S/C16H23NO6/c1-8-4-5-11(6-9(8)2)22-16-13(17-10(3)19)15(21)14(20)12(7-18)23-16/h4-6,12-16,18,20-21H,7H2,1-3H3,(H,17,19)/t12-,13+,14-,15-,16+/m0/s1. The molecular formula is C16H23NO6. The summed E-state index contributed by atoms with van der Waals surface area (Å²) in [6.45, 7) is 4.73. The number of aliphatic hydroxyl groups is 3. The predicted molar refractivity (Wildman–Crippen MR) is 81.9 cm³/mol. The second-order valence-corrected chi connectivity index (χ2v) is 5.80. The first kappa shape index (κ1) is 17.7. The Morgan fingerprint density at radius 3 is 2.52 bits per heavy atom. The third kappa shape index (κ3) is 4.00. The van der Waals surface area contributed by atoms with Gasteiger partial charge in [0.2, 0.25) is 12.2 Å². The molecule has 0 spiro atoms. The lowest BCUT2D eigenvalue weighted by Crippen LogP contribution is -2.65. The largest absolute Gasteiger partial charge is 0.463 e. The average Bonchev–Trinajstić information content (AvgIpc) is 2.50. The van der Waals surface area contributed by atoms with Crippen LogP contribution in [0.1, 0.15) is 18.1 Å². The summed E-state index contributed by atoms with van der Waals surface area (Å²) in [7, 11) is 0. The van der Waals surface area contributed by atoms with Crippen LogP contribution in [-0.4, -0.2) is 58.5 Å². The topological polar surface area (TPSA) is 108 Å². The number of aliphatic hydroxyl groups excluding tert-OH is 3. The summed E-state index contributed by atoms with van der Waals surface area (Å²) in [5, 5.41) is 31.9. The minimum absolute atomic E-state index is 0.388. The molecule has 1 aromatic carbocycles. The molecule has 0 saturated carbocycles. The van der Waals surface area contributed by atoms with E-state index in [-0.39, 0.29) is 5.91 Å². The molecule has 1 saturated heterocycles. The number of benzene rings is 1.